The number of hydrogen-bond donors (Lipinski definition) is 1. The Labute approximate surface area is 258 Å². The molecule has 1 saturated carbocycles. The van der Waals surface area contributed by atoms with Crippen molar-refractivity contribution in [3.8, 4) is 16.9 Å². The summed E-state index contributed by atoms with van der Waals surface area (Å²) >= 11 is 0. The summed E-state index contributed by atoms with van der Waals surface area (Å²) in [5.74, 6) is 0.265. The first kappa shape index (κ1) is 31.0. The van der Waals surface area contributed by atoms with Crippen LogP contribution < -0.4 is 10.1 Å². The molecule has 2 atom stereocenters. The lowest BCUT2D eigenvalue weighted by Crippen LogP contribution is -2.57. The van der Waals surface area contributed by atoms with E-state index in [0.717, 1.165) is 22.3 Å². The topological polar surface area (TPSA) is 110 Å². The Morgan fingerprint density at radius 1 is 1.16 bits per heavy atom. The maximum atomic E-state index is 13.4. The fraction of sp³-hybridized carbons (Fsp3) is 0.500. The largest absolute Gasteiger partial charge is 0.573 e. The molecule has 0 spiro atoms. The molecule has 2 aliphatic heterocycles. The van der Waals surface area contributed by atoms with Crippen molar-refractivity contribution >= 4 is 11.8 Å². The van der Waals surface area contributed by atoms with Gasteiger partial charge in [0.15, 0.2) is 5.82 Å². The maximum Gasteiger partial charge on any atom is 0.573 e. The van der Waals surface area contributed by atoms with Gasteiger partial charge in [-0.15, -0.1) is 13.2 Å². The molecule has 1 aromatic heterocycles. The quantitative estimate of drug-likeness (QED) is 0.393. The smallest absolute Gasteiger partial charge is 0.406 e. The highest BCUT2D eigenvalue weighted by Gasteiger charge is 2.47. The van der Waals surface area contributed by atoms with Crippen LogP contribution in [0.3, 0.4) is 0 Å². The van der Waals surface area contributed by atoms with Crippen LogP contribution in [0.5, 0.6) is 5.75 Å². The highest BCUT2D eigenvalue weighted by molar-refractivity contribution is 5.83. The molecule has 3 aliphatic rings. The first-order chi connectivity index (χ1) is 21.4. The lowest BCUT2D eigenvalue weighted by Gasteiger charge is -2.43. The number of halogens is 3. The van der Waals surface area contributed by atoms with Crippen molar-refractivity contribution in [1.29, 1.82) is 0 Å². The van der Waals surface area contributed by atoms with Gasteiger partial charge in [0.2, 0.25) is 17.7 Å². The van der Waals surface area contributed by atoms with E-state index in [9.17, 15) is 22.8 Å². The normalized spacial score (nSPS) is 21.2. The van der Waals surface area contributed by atoms with Crippen LogP contribution in [0.1, 0.15) is 54.6 Å². The summed E-state index contributed by atoms with van der Waals surface area (Å²) in [6, 6.07) is 9.72. The van der Waals surface area contributed by atoms with Crippen molar-refractivity contribution in [2.75, 3.05) is 32.8 Å². The van der Waals surface area contributed by atoms with Gasteiger partial charge in [0, 0.05) is 26.2 Å². The van der Waals surface area contributed by atoms with Gasteiger partial charge in [-0.1, -0.05) is 29.4 Å². The molecule has 45 heavy (non-hydrogen) atoms. The minimum atomic E-state index is -4.80. The van der Waals surface area contributed by atoms with Gasteiger partial charge in [0.25, 0.3) is 0 Å². The number of carbonyl (C=O) groups is 2. The fourth-order valence-electron chi connectivity index (χ4n) is 6.36. The second-order valence-corrected chi connectivity index (χ2v) is 12.5. The minimum absolute atomic E-state index is 0.0193. The highest BCUT2D eigenvalue weighted by atomic mass is 19.4. The number of nitrogens with one attached hydrogen (secondary N) is 1. The average Bonchev–Trinajstić information content (AvgIpc) is 3.67. The van der Waals surface area contributed by atoms with Crippen molar-refractivity contribution in [2.45, 2.75) is 64.5 Å². The van der Waals surface area contributed by atoms with Crippen molar-refractivity contribution in [3.05, 3.63) is 64.8 Å². The lowest BCUT2D eigenvalue weighted by atomic mass is 9.87. The Balaban J connectivity index is 1.23. The zero-order valence-electron chi connectivity index (χ0n) is 25.4. The van der Waals surface area contributed by atoms with Crippen LogP contribution in [0.2, 0.25) is 0 Å². The summed E-state index contributed by atoms with van der Waals surface area (Å²) in [4.78, 5) is 34.7. The van der Waals surface area contributed by atoms with E-state index in [4.69, 9.17) is 9.26 Å². The SMILES string of the molecule is Cc1noc([C@H]2CC2C(=O)NCc2ccc(-c3cccc(OC(F)(F)F)c3)c3c2CN(CC(=O)N2CCOCC2(C)C)CC3)n1. The number of amides is 2. The number of fused-ring (bicyclic) bond motifs is 1. The molecule has 1 unspecified atom stereocenters. The third-order valence-corrected chi connectivity index (χ3v) is 8.71. The number of rotatable bonds is 8. The van der Waals surface area contributed by atoms with Gasteiger partial charge < -0.3 is 24.2 Å². The Bertz CT molecular complexity index is 1590. The van der Waals surface area contributed by atoms with Crippen molar-refractivity contribution in [2.24, 2.45) is 5.92 Å². The molecule has 1 saturated heterocycles. The Hall–Kier alpha value is -3.97. The Morgan fingerprint density at radius 2 is 1.98 bits per heavy atom. The van der Waals surface area contributed by atoms with Gasteiger partial charge in [-0.05, 0) is 73.6 Å². The van der Waals surface area contributed by atoms with Gasteiger partial charge in [-0.2, -0.15) is 4.98 Å². The van der Waals surface area contributed by atoms with Gasteiger partial charge in [-0.3, -0.25) is 14.5 Å². The first-order valence-corrected chi connectivity index (χ1v) is 15.1. The molecule has 13 heteroatoms. The van der Waals surface area contributed by atoms with E-state index in [1.165, 1.54) is 18.2 Å². The average molecular weight is 628 g/mol. The van der Waals surface area contributed by atoms with E-state index in [1.54, 1.807) is 13.0 Å². The second-order valence-electron chi connectivity index (χ2n) is 12.5. The molecule has 6 rings (SSSR count). The fourth-order valence-corrected chi connectivity index (χ4v) is 6.36. The van der Waals surface area contributed by atoms with Crippen LogP contribution >= 0.6 is 0 Å². The van der Waals surface area contributed by atoms with Crippen LogP contribution in [-0.2, 0) is 33.8 Å². The van der Waals surface area contributed by atoms with E-state index < -0.39 is 11.9 Å². The second kappa shape index (κ2) is 12.1. The van der Waals surface area contributed by atoms with E-state index >= 15 is 0 Å². The summed E-state index contributed by atoms with van der Waals surface area (Å²) in [6.07, 6.45) is -3.59. The molecule has 2 amide bonds. The third-order valence-electron chi connectivity index (χ3n) is 8.71. The van der Waals surface area contributed by atoms with E-state index in [0.29, 0.717) is 63.0 Å². The number of nitrogens with zero attached hydrogens (tertiary/aromatic N) is 4. The summed E-state index contributed by atoms with van der Waals surface area (Å²) < 4.78 is 53.9. The third kappa shape index (κ3) is 6.99. The molecule has 10 nitrogen and oxygen atoms in total. The summed E-state index contributed by atoms with van der Waals surface area (Å²) in [5, 5.41) is 6.86. The lowest BCUT2D eigenvalue weighted by molar-refractivity contribution is -0.274. The van der Waals surface area contributed by atoms with Gasteiger partial charge in [0.1, 0.15) is 5.75 Å². The first-order valence-electron chi connectivity index (χ1n) is 15.1. The zero-order valence-corrected chi connectivity index (χ0v) is 25.4. The molecule has 3 aromatic rings. The maximum absolute atomic E-state index is 13.4. The van der Waals surface area contributed by atoms with Gasteiger partial charge >= 0.3 is 6.36 Å². The van der Waals surface area contributed by atoms with E-state index in [1.807, 2.05) is 30.9 Å². The Morgan fingerprint density at radius 3 is 2.71 bits per heavy atom. The standard InChI is InChI=1S/C32H36F3N5O5/c1-19-37-30(45-38-19)26-14-25(26)29(42)36-15-21-7-8-23(20-5-4-6-22(13-20)44-32(33,34)35)24-9-10-39(16-27(21)24)17-28(41)40-11-12-43-18-31(40,2)3/h4-8,13,25-26H,9-12,14-18H2,1-3H3,(H,36,42)/t25?,26-/m0/s1. The molecule has 0 radical (unpaired) electrons. The van der Waals surface area contributed by atoms with Gasteiger partial charge in [0.05, 0.1) is 37.1 Å². The van der Waals surface area contributed by atoms with Gasteiger partial charge in [-0.25, -0.2) is 0 Å². The molecular formula is C32H36F3N5O5. The molecule has 240 valence electrons. The van der Waals surface area contributed by atoms with Crippen LogP contribution in [0.15, 0.2) is 40.9 Å². The minimum Gasteiger partial charge on any atom is -0.406 e. The van der Waals surface area contributed by atoms with E-state index in [-0.39, 0.29) is 42.5 Å². The number of aryl methyl sites for hydroxylation is 1. The van der Waals surface area contributed by atoms with Crippen molar-refractivity contribution in [1.82, 2.24) is 25.3 Å². The van der Waals surface area contributed by atoms with Crippen LogP contribution in [0.25, 0.3) is 11.1 Å². The molecule has 1 aliphatic carbocycles. The molecule has 0 bridgehead atoms. The number of morpholine rings is 1. The number of ether oxygens (including phenoxy) is 2. The van der Waals surface area contributed by atoms with Crippen molar-refractivity contribution < 1.29 is 36.8 Å². The van der Waals surface area contributed by atoms with Crippen molar-refractivity contribution in [3.63, 3.8) is 0 Å². The molecule has 3 heterocycles. The van der Waals surface area contributed by atoms with Crippen LogP contribution in [-0.4, -0.2) is 76.5 Å². The number of hydrogen-bond acceptors (Lipinski definition) is 8. The number of alkyl halides is 3. The summed E-state index contributed by atoms with van der Waals surface area (Å²) in [7, 11) is 0. The van der Waals surface area contributed by atoms with Crippen LogP contribution in [0.4, 0.5) is 13.2 Å². The van der Waals surface area contributed by atoms with Crippen LogP contribution in [0, 0.1) is 12.8 Å². The number of benzene rings is 2. The molecular weight excluding hydrogens is 591 g/mol. The van der Waals surface area contributed by atoms with E-state index in [2.05, 4.69) is 25.1 Å². The monoisotopic (exact) mass is 627 g/mol. The predicted molar refractivity (Wildman–Crippen MR) is 156 cm³/mol. The molecule has 2 fully saturated rings. The molecule has 1 N–H and O–H groups in total. The zero-order chi connectivity index (χ0) is 31.9. The number of carbonyl (C=O) groups excluding carboxylic acids is 2. The highest BCUT2D eigenvalue weighted by Crippen LogP contribution is 2.47. The molecule has 2 aromatic carbocycles. The summed E-state index contributed by atoms with van der Waals surface area (Å²) in [6.45, 7) is 8.75. The summed E-state index contributed by atoms with van der Waals surface area (Å²) in [5.41, 5.74) is 3.80. The Kier molecular flexibility index (Phi) is 8.33. The predicted octanol–water partition coefficient (Wildman–Crippen LogP) is 4.36. The number of aromatic nitrogens is 2.